The second kappa shape index (κ2) is 8.87. The van der Waals surface area contributed by atoms with Gasteiger partial charge < -0.3 is 14.8 Å². The molecule has 1 fully saturated rings. The summed E-state index contributed by atoms with van der Waals surface area (Å²) in [5.41, 5.74) is 1.36. The molecule has 0 saturated carbocycles. The predicted molar refractivity (Wildman–Crippen MR) is 100 cm³/mol. The molecule has 2 atom stereocenters. The Kier molecular flexibility index (Phi) is 7.12. The van der Waals surface area contributed by atoms with Gasteiger partial charge in [0.05, 0.1) is 12.7 Å². The first-order valence-corrected chi connectivity index (χ1v) is 9.39. The molecule has 1 N–H and O–H groups in total. The molecule has 1 aromatic carbocycles. The van der Waals surface area contributed by atoms with E-state index < -0.39 is 0 Å². The maximum absolute atomic E-state index is 5.90. The number of rotatable bonds is 8. The first-order valence-electron chi connectivity index (χ1n) is 9.39. The molecule has 136 valence electrons. The number of hydrogen-bond acceptors (Lipinski definition) is 3. The van der Waals surface area contributed by atoms with Gasteiger partial charge in [-0.1, -0.05) is 26.0 Å². The van der Waals surface area contributed by atoms with Crippen LogP contribution in [0.3, 0.4) is 0 Å². The second-order valence-electron chi connectivity index (χ2n) is 8.08. The lowest BCUT2D eigenvalue weighted by molar-refractivity contribution is -0.0867. The van der Waals surface area contributed by atoms with Crippen molar-refractivity contribution in [3.63, 3.8) is 0 Å². The van der Waals surface area contributed by atoms with Crippen molar-refractivity contribution in [2.45, 2.75) is 59.1 Å². The predicted octanol–water partition coefficient (Wildman–Crippen LogP) is 4.65. The van der Waals surface area contributed by atoms with Crippen LogP contribution in [0.1, 0.15) is 52.5 Å². The summed E-state index contributed by atoms with van der Waals surface area (Å²) < 4.78 is 11.1. The topological polar surface area (TPSA) is 30.5 Å². The summed E-state index contributed by atoms with van der Waals surface area (Å²) in [6, 6.07) is 8.32. The summed E-state index contributed by atoms with van der Waals surface area (Å²) in [4.78, 5) is 0. The molecule has 1 saturated heterocycles. The summed E-state index contributed by atoms with van der Waals surface area (Å²) in [6.07, 6.45) is 3.65. The van der Waals surface area contributed by atoms with Gasteiger partial charge in [-0.2, -0.15) is 0 Å². The molecule has 0 bridgehead atoms. The Bertz CT molecular complexity index is 481. The van der Waals surface area contributed by atoms with E-state index in [-0.39, 0.29) is 5.60 Å². The van der Waals surface area contributed by atoms with Gasteiger partial charge in [-0.3, -0.25) is 0 Å². The molecule has 3 heteroatoms. The third kappa shape index (κ3) is 5.78. The fraction of sp³-hybridized carbons (Fsp3) is 0.714. The molecule has 1 aromatic rings. The average molecular weight is 334 g/mol. The van der Waals surface area contributed by atoms with Crippen molar-refractivity contribution >= 4 is 0 Å². The first kappa shape index (κ1) is 19.3. The van der Waals surface area contributed by atoms with Crippen LogP contribution in [0.2, 0.25) is 0 Å². The third-order valence-corrected chi connectivity index (χ3v) is 5.34. The maximum atomic E-state index is 5.90. The largest absolute Gasteiger partial charge is 0.497 e. The minimum absolute atomic E-state index is 0.0482. The number of hydrogen-bond donors (Lipinski definition) is 1. The molecule has 0 unspecified atom stereocenters. The summed E-state index contributed by atoms with van der Waals surface area (Å²) in [5, 5.41) is 3.61. The summed E-state index contributed by atoms with van der Waals surface area (Å²) >= 11 is 0. The zero-order valence-corrected chi connectivity index (χ0v) is 16.1. The number of nitrogens with one attached hydrogen (secondary N) is 1. The highest BCUT2D eigenvalue weighted by molar-refractivity contribution is 5.26. The Morgan fingerprint density at radius 2 is 1.96 bits per heavy atom. The van der Waals surface area contributed by atoms with E-state index in [1.54, 1.807) is 7.11 Å². The number of ether oxygens (including phenoxy) is 2. The van der Waals surface area contributed by atoms with E-state index in [1.807, 2.05) is 12.1 Å². The molecular formula is C21H35NO2. The van der Waals surface area contributed by atoms with Crippen molar-refractivity contribution in [3.05, 3.63) is 29.8 Å². The molecule has 24 heavy (non-hydrogen) atoms. The molecule has 0 amide bonds. The van der Waals surface area contributed by atoms with Crippen LogP contribution in [-0.4, -0.2) is 25.9 Å². The minimum atomic E-state index is 0.0482. The van der Waals surface area contributed by atoms with Crippen LogP contribution in [0.15, 0.2) is 24.3 Å². The monoisotopic (exact) mass is 333 g/mol. The molecule has 1 heterocycles. The van der Waals surface area contributed by atoms with E-state index >= 15 is 0 Å². The van der Waals surface area contributed by atoms with Gasteiger partial charge in [-0.15, -0.1) is 0 Å². The van der Waals surface area contributed by atoms with Crippen LogP contribution in [0.5, 0.6) is 5.75 Å². The van der Waals surface area contributed by atoms with E-state index in [9.17, 15) is 0 Å². The fourth-order valence-corrected chi connectivity index (χ4v) is 4.00. The lowest BCUT2D eigenvalue weighted by Crippen LogP contribution is -2.38. The average Bonchev–Trinajstić information content (AvgIpc) is 2.54. The normalized spacial score (nSPS) is 21.7. The maximum Gasteiger partial charge on any atom is 0.118 e. The molecule has 0 aromatic heterocycles. The second-order valence-corrected chi connectivity index (χ2v) is 8.08. The van der Waals surface area contributed by atoms with Gasteiger partial charge in [-0.05, 0) is 75.1 Å². The highest BCUT2D eigenvalue weighted by Crippen LogP contribution is 2.37. The Morgan fingerprint density at radius 3 is 2.54 bits per heavy atom. The van der Waals surface area contributed by atoms with Gasteiger partial charge in [0.25, 0.3) is 0 Å². The molecule has 0 radical (unpaired) electrons. The molecule has 0 aliphatic carbocycles. The van der Waals surface area contributed by atoms with Crippen molar-refractivity contribution in [1.29, 1.82) is 0 Å². The quantitative estimate of drug-likeness (QED) is 0.702. The fourth-order valence-electron chi connectivity index (χ4n) is 4.00. The zero-order chi connectivity index (χ0) is 17.6. The highest BCUT2D eigenvalue weighted by atomic mass is 16.5. The van der Waals surface area contributed by atoms with Crippen molar-refractivity contribution in [1.82, 2.24) is 5.32 Å². The highest BCUT2D eigenvalue weighted by Gasteiger charge is 2.34. The van der Waals surface area contributed by atoms with Crippen LogP contribution in [0.25, 0.3) is 0 Å². The van der Waals surface area contributed by atoms with Crippen LogP contribution < -0.4 is 10.1 Å². The molecule has 1 aliphatic heterocycles. The van der Waals surface area contributed by atoms with E-state index in [1.165, 1.54) is 24.8 Å². The number of benzene rings is 1. The van der Waals surface area contributed by atoms with Gasteiger partial charge in [0.15, 0.2) is 0 Å². The van der Waals surface area contributed by atoms with Crippen molar-refractivity contribution in [2.24, 2.45) is 17.8 Å². The standard InChI is InChI=1S/C21H35NO2/c1-16(2)20(18-11-13-24-21(3,4)14-18)10-12-22-15-17-6-8-19(23-5)9-7-17/h6-9,16,18,20,22H,10-15H2,1-5H3/t18-,20-/m1/s1. The smallest absolute Gasteiger partial charge is 0.118 e. The van der Waals surface area contributed by atoms with E-state index in [2.05, 4.69) is 45.1 Å². The lowest BCUT2D eigenvalue weighted by Gasteiger charge is -2.40. The van der Waals surface area contributed by atoms with Crippen molar-refractivity contribution < 1.29 is 9.47 Å². The minimum Gasteiger partial charge on any atom is -0.497 e. The van der Waals surface area contributed by atoms with E-state index in [0.717, 1.165) is 43.2 Å². The van der Waals surface area contributed by atoms with Gasteiger partial charge in [0, 0.05) is 13.2 Å². The third-order valence-electron chi connectivity index (χ3n) is 5.34. The molecule has 0 spiro atoms. The van der Waals surface area contributed by atoms with E-state index in [4.69, 9.17) is 9.47 Å². The Hall–Kier alpha value is -1.06. The van der Waals surface area contributed by atoms with E-state index in [0.29, 0.717) is 0 Å². The van der Waals surface area contributed by atoms with Crippen LogP contribution in [0.4, 0.5) is 0 Å². The van der Waals surface area contributed by atoms with Crippen LogP contribution in [0, 0.1) is 17.8 Å². The summed E-state index contributed by atoms with van der Waals surface area (Å²) in [7, 11) is 1.71. The Balaban J connectivity index is 1.79. The molecule has 2 rings (SSSR count). The summed E-state index contributed by atoms with van der Waals surface area (Å²) in [5.74, 6) is 3.21. The van der Waals surface area contributed by atoms with Crippen LogP contribution >= 0.6 is 0 Å². The van der Waals surface area contributed by atoms with Crippen molar-refractivity contribution in [2.75, 3.05) is 20.3 Å². The number of methoxy groups -OCH3 is 1. The first-order chi connectivity index (χ1) is 11.4. The Labute approximate surface area is 148 Å². The Morgan fingerprint density at radius 1 is 1.25 bits per heavy atom. The zero-order valence-electron chi connectivity index (χ0n) is 16.1. The van der Waals surface area contributed by atoms with Crippen molar-refractivity contribution in [3.8, 4) is 5.75 Å². The molecule has 1 aliphatic rings. The molecular weight excluding hydrogens is 298 g/mol. The van der Waals surface area contributed by atoms with Gasteiger partial charge in [0.1, 0.15) is 5.75 Å². The van der Waals surface area contributed by atoms with Gasteiger partial charge in [-0.25, -0.2) is 0 Å². The molecule has 3 nitrogen and oxygen atoms in total. The SMILES string of the molecule is COc1ccc(CNCC[C@H](C(C)C)[C@@H]2CCOC(C)(C)C2)cc1. The summed E-state index contributed by atoms with van der Waals surface area (Å²) in [6.45, 7) is 12.1. The van der Waals surface area contributed by atoms with Crippen LogP contribution in [-0.2, 0) is 11.3 Å². The van der Waals surface area contributed by atoms with Gasteiger partial charge in [0.2, 0.25) is 0 Å². The lowest BCUT2D eigenvalue weighted by atomic mass is 9.73. The van der Waals surface area contributed by atoms with Gasteiger partial charge >= 0.3 is 0 Å².